The Morgan fingerprint density at radius 1 is 1.00 bits per heavy atom. The smallest absolute Gasteiger partial charge is 0.129 e. The second-order valence-corrected chi connectivity index (χ2v) is 6.27. The summed E-state index contributed by atoms with van der Waals surface area (Å²) in [7, 11) is 0. The summed E-state index contributed by atoms with van der Waals surface area (Å²) in [6, 6.07) is 10.2. The lowest BCUT2D eigenvalue weighted by molar-refractivity contribution is 0.134. The number of hydrogen-bond donors (Lipinski definition) is 0. The molecule has 0 N–H and O–H groups in total. The average molecular weight is 335 g/mol. The molecule has 1 heterocycles. The van der Waals surface area contributed by atoms with Crippen molar-refractivity contribution >= 4 is 15.9 Å². The summed E-state index contributed by atoms with van der Waals surface area (Å²) >= 11 is 3.73. The van der Waals surface area contributed by atoms with E-state index in [1.165, 1.54) is 16.7 Å². The maximum Gasteiger partial charge on any atom is 0.129 e. The molecule has 3 rings (SSSR count). The van der Waals surface area contributed by atoms with Crippen LogP contribution in [0.25, 0.3) is 0 Å². The van der Waals surface area contributed by atoms with Crippen molar-refractivity contribution in [3.63, 3.8) is 0 Å². The minimum absolute atomic E-state index is 0.0754. The van der Waals surface area contributed by atoms with E-state index in [-0.39, 0.29) is 10.6 Å². The molecule has 0 radical (unpaired) electrons. The molecule has 20 heavy (non-hydrogen) atoms. The van der Waals surface area contributed by atoms with Gasteiger partial charge >= 0.3 is 0 Å². The van der Waals surface area contributed by atoms with Crippen LogP contribution in [0.2, 0.25) is 0 Å². The third-order valence-electron chi connectivity index (χ3n) is 3.79. The standard InChI is InChI=1S/C17H16BrFO/c1-10-5-14(6-11(2)17(10)19)16(18)12-3-4-13-8-20-9-15(13)7-12/h3-7,16H,8-9H2,1-2H3. The van der Waals surface area contributed by atoms with Crippen molar-refractivity contribution in [2.45, 2.75) is 31.9 Å². The van der Waals surface area contributed by atoms with Crippen molar-refractivity contribution in [2.75, 3.05) is 0 Å². The van der Waals surface area contributed by atoms with Crippen molar-refractivity contribution in [1.82, 2.24) is 0 Å². The van der Waals surface area contributed by atoms with Crippen LogP contribution in [0, 0.1) is 19.7 Å². The fraction of sp³-hybridized carbons (Fsp3) is 0.294. The Labute approximate surface area is 126 Å². The molecule has 3 heteroatoms. The van der Waals surface area contributed by atoms with E-state index in [4.69, 9.17) is 4.74 Å². The van der Waals surface area contributed by atoms with Crippen molar-refractivity contribution in [3.05, 3.63) is 69.5 Å². The molecule has 1 aliphatic rings. The minimum Gasteiger partial charge on any atom is -0.372 e. The van der Waals surface area contributed by atoms with Gasteiger partial charge in [0.25, 0.3) is 0 Å². The van der Waals surface area contributed by atoms with Gasteiger partial charge in [-0.2, -0.15) is 0 Å². The second-order valence-electron chi connectivity index (χ2n) is 5.35. The summed E-state index contributed by atoms with van der Waals surface area (Å²) in [4.78, 5) is 0.0754. The van der Waals surface area contributed by atoms with Gasteiger partial charge in [0.15, 0.2) is 0 Å². The molecule has 0 spiro atoms. The maximum absolute atomic E-state index is 13.7. The summed E-state index contributed by atoms with van der Waals surface area (Å²) < 4.78 is 19.2. The van der Waals surface area contributed by atoms with Gasteiger partial charge in [0.1, 0.15) is 5.82 Å². The van der Waals surface area contributed by atoms with Gasteiger partial charge in [-0.25, -0.2) is 4.39 Å². The molecule has 0 amide bonds. The zero-order chi connectivity index (χ0) is 14.3. The third-order valence-corrected chi connectivity index (χ3v) is 4.85. The molecule has 0 saturated carbocycles. The Hall–Kier alpha value is -1.19. The van der Waals surface area contributed by atoms with Gasteiger partial charge in [-0.15, -0.1) is 0 Å². The first-order valence-corrected chi connectivity index (χ1v) is 7.58. The SMILES string of the molecule is Cc1cc(C(Br)c2ccc3c(c2)COC3)cc(C)c1F. The summed E-state index contributed by atoms with van der Waals surface area (Å²) in [6.07, 6.45) is 0. The number of rotatable bonds is 2. The zero-order valence-electron chi connectivity index (χ0n) is 11.5. The Bertz CT molecular complexity index is 643. The number of ether oxygens (including phenoxy) is 1. The molecular weight excluding hydrogens is 319 g/mol. The van der Waals surface area contributed by atoms with Gasteiger partial charge in [-0.05, 0) is 47.2 Å². The minimum atomic E-state index is -0.115. The van der Waals surface area contributed by atoms with Crippen LogP contribution in [-0.4, -0.2) is 0 Å². The van der Waals surface area contributed by atoms with Crippen LogP contribution in [0.3, 0.4) is 0 Å². The summed E-state index contributed by atoms with van der Waals surface area (Å²) in [5, 5.41) is 0. The summed E-state index contributed by atoms with van der Waals surface area (Å²) in [5.74, 6) is -0.115. The van der Waals surface area contributed by atoms with Gasteiger partial charge in [0, 0.05) is 0 Å². The van der Waals surface area contributed by atoms with Crippen LogP contribution in [0.1, 0.15) is 38.2 Å². The fourth-order valence-corrected chi connectivity index (χ4v) is 3.22. The van der Waals surface area contributed by atoms with Crippen LogP contribution in [0.4, 0.5) is 4.39 Å². The molecule has 0 aromatic heterocycles. The van der Waals surface area contributed by atoms with E-state index in [9.17, 15) is 4.39 Å². The van der Waals surface area contributed by atoms with Gasteiger partial charge in [-0.1, -0.05) is 46.3 Å². The molecule has 0 saturated heterocycles. The van der Waals surface area contributed by atoms with E-state index in [1.54, 1.807) is 0 Å². The first kappa shape index (κ1) is 13.8. The first-order valence-electron chi connectivity index (χ1n) is 6.66. The molecule has 1 nitrogen and oxygen atoms in total. The maximum atomic E-state index is 13.7. The van der Waals surface area contributed by atoms with Crippen LogP contribution < -0.4 is 0 Å². The van der Waals surface area contributed by atoms with E-state index in [0.717, 1.165) is 5.56 Å². The normalized spacial score (nSPS) is 15.2. The molecular formula is C17H16BrFO. The van der Waals surface area contributed by atoms with Gasteiger partial charge in [-0.3, -0.25) is 0 Å². The number of fused-ring (bicyclic) bond motifs is 1. The molecule has 2 aromatic carbocycles. The van der Waals surface area contributed by atoms with Crippen LogP contribution in [0.15, 0.2) is 30.3 Å². The number of benzene rings is 2. The van der Waals surface area contributed by atoms with E-state index >= 15 is 0 Å². The van der Waals surface area contributed by atoms with Crippen LogP contribution >= 0.6 is 15.9 Å². The van der Waals surface area contributed by atoms with E-state index in [0.29, 0.717) is 24.3 Å². The van der Waals surface area contributed by atoms with Crippen molar-refractivity contribution < 1.29 is 9.13 Å². The van der Waals surface area contributed by atoms with Gasteiger partial charge in [0.2, 0.25) is 0 Å². The Balaban J connectivity index is 1.98. The molecule has 1 aliphatic heterocycles. The molecule has 0 aliphatic carbocycles. The summed E-state index contributed by atoms with van der Waals surface area (Å²) in [6.45, 7) is 5.01. The monoisotopic (exact) mass is 334 g/mol. The molecule has 2 aromatic rings. The lowest BCUT2D eigenvalue weighted by atomic mass is 9.98. The average Bonchev–Trinajstić information content (AvgIpc) is 2.90. The molecule has 104 valence electrons. The van der Waals surface area contributed by atoms with Crippen molar-refractivity contribution in [1.29, 1.82) is 0 Å². The number of halogens is 2. The largest absolute Gasteiger partial charge is 0.372 e. The number of alkyl halides is 1. The third kappa shape index (κ3) is 2.40. The predicted molar refractivity (Wildman–Crippen MR) is 81.6 cm³/mol. The number of hydrogen-bond acceptors (Lipinski definition) is 1. The Kier molecular flexibility index (Phi) is 3.65. The molecule has 0 bridgehead atoms. The lowest BCUT2D eigenvalue weighted by Gasteiger charge is -2.14. The van der Waals surface area contributed by atoms with Crippen LogP contribution in [0.5, 0.6) is 0 Å². The lowest BCUT2D eigenvalue weighted by Crippen LogP contribution is -1.98. The number of aryl methyl sites for hydroxylation is 2. The second kappa shape index (κ2) is 5.30. The van der Waals surface area contributed by atoms with E-state index in [1.807, 2.05) is 26.0 Å². The van der Waals surface area contributed by atoms with Crippen LogP contribution in [-0.2, 0) is 18.0 Å². The highest BCUT2D eigenvalue weighted by molar-refractivity contribution is 9.09. The fourth-order valence-electron chi connectivity index (χ4n) is 2.67. The van der Waals surface area contributed by atoms with E-state index < -0.39 is 0 Å². The van der Waals surface area contributed by atoms with Crippen molar-refractivity contribution in [3.8, 4) is 0 Å². The zero-order valence-corrected chi connectivity index (χ0v) is 13.1. The quantitative estimate of drug-likeness (QED) is 0.705. The van der Waals surface area contributed by atoms with E-state index in [2.05, 4.69) is 34.1 Å². The van der Waals surface area contributed by atoms with Gasteiger partial charge < -0.3 is 4.74 Å². The Morgan fingerprint density at radius 2 is 1.65 bits per heavy atom. The first-order chi connectivity index (χ1) is 9.56. The van der Waals surface area contributed by atoms with Gasteiger partial charge in [0.05, 0.1) is 18.0 Å². The van der Waals surface area contributed by atoms with Crippen molar-refractivity contribution in [2.24, 2.45) is 0 Å². The molecule has 0 fully saturated rings. The topological polar surface area (TPSA) is 9.23 Å². The molecule has 1 atom stereocenters. The predicted octanol–water partition coefficient (Wildman–Crippen LogP) is 4.96. The Morgan fingerprint density at radius 3 is 2.35 bits per heavy atom. The highest BCUT2D eigenvalue weighted by Crippen LogP contribution is 2.34. The highest BCUT2D eigenvalue weighted by Gasteiger charge is 2.17. The summed E-state index contributed by atoms with van der Waals surface area (Å²) in [5.41, 5.74) is 6.16. The molecule has 1 unspecified atom stereocenters. The highest BCUT2D eigenvalue weighted by atomic mass is 79.9.